The van der Waals surface area contributed by atoms with Gasteiger partial charge in [0.15, 0.2) is 5.78 Å². The first-order valence-corrected chi connectivity index (χ1v) is 17.4. The van der Waals surface area contributed by atoms with E-state index in [4.69, 9.17) is 5.73 Å². The lowest BCUT2D eigenvalue weighted by molar-refractivity contribution is -0.203. The molecule has 0 aromatic carbocycles. The van der Waals surface area contributed by atoms with Crippen LogP contribution in [0.15, 0.2) is 12.2 Å². The largest absolute Gasteiger partial charge is 0.392 e. The lowest BCUT2D eigenvalue weighted by Gasteiger charge is -2.49. The summed E-state index contributed by atoms with van der Waals surface area (Å²) >= 11 is 0. The molecule has 0 aromatic rings. The van der Waals surface area contributed by atoms with Crippen LogP contribution in [0.4, 0.5) is 13.2 Å². The van der Waals surface area contributed by atoms with E-state index in [0.717, 1.165) is 57.9 Å². The van der Waals surface area contributed by atoms with Crippen molar-refractivity contribution in [3.63, 3.8) is 0 Å². The van der Waals surface area contributed by atoms with Crippen molar-refractivity contribution in [3.05, 3.63) is 12.2 Å². The molecule has 6 heteroatoms. The van der Waals surface area contributed by atoms with Crippen LogP contribution in [0.2, 0.25) is 0 Å². The molecule has 0 amide bonds. The number of nitrogens with two attached hydrogens (primary N) is 1. The first-order chi connectivity index (χ1) is 19.6. The van der Waals surface area contributed by atoms with Crippen molar-refractivity contribution >= 4 is 5.78 Å². The van der Waals surface area contributed by atoms with Crippen LogP contribution in [0.3, 0.4) is 0 Å². The van der Waals surface area contributed by atoms with Crippen molar-refractivity contribution in [2.75, 3.05) is 6.54 Å². The second kappa shape index (κ2) is 13.4. The van der Waals surface area contributed by atoms with Gasteiger partial charge in [-0.05, 0) is 112 Å². The lowest BCUT2D eigenvalue weighted by Crippen LogP contribution is -2.53. The summed E-state index contributed by atoms with van der Waals surface area (Å²) in [5.74, 6) is 0.601. The Kier molecular flexibility index (Phi) is 10.3. The number of fused-ring (bicyclic) bond motifs is 1. The number of rotatable bonds is 7. The summed E-state index contributed by atoms with van der Waals surface area (Å²) in [6.45, 7) is 8.04. The predicted molar refractivity (Wildman–Crippen MR) is 160 cm³/mol. The Morgan fingerprint density at radius 1 is 0.951 bits per heavy atom. The van der Waals surface area contributed by atoms with E-state index in [0.29, 0.717) is 60.9 Å². The number of carbonyl (C=O) groups excluding carboxylic acids is 1. The van der Waals surface area contributed by atoms with Crippen molar-refractivity contribution in [2.24, 2.45) is 59.0 Å². The van der Waals surface area contributed by atoms with Gasteiger partial charge in [-0.3, -0.25) is 9.69 Å². The van der Waals surface area contributed by atoms with Crippen LogP contribution >= 0.6 is 0 Å². The molecule has 2 heterocycles. The van der Waals surface area contributed by atoms with Gasteiger partial charge in [0.1, 0.15) is 0 Å². The molecule has 1 saturated heterocycles. The highest BCUT2D eigenvalue weighted by molar-refractivity contribution is 5.86. The van der Waals surface area contributed by atoms with E-state index in [1.165, 1.54) is 19.3 Å². The molecule has 5 rings (SSSR count). The molecule has 41 heavy (non-hydrogen) atoms. The Morgan fingerprint density at radius 3 is 2.51 bits per heavy atom. The molecule has 0 radical (unpaired) electrons. The van der Waals surface area contributed by atoms with Gasteiger partial charge in [0.05, 0.1) is 12.0 Å². The van der Waals surface area contributed by atoms with E-state index in [2.05, 4.69) is 37.8 Å². The molecule has 0 aromatic heterocycles. The van der Waals surface area contributed by atoms with E-state index in [-0.39, 0.29) is 30.0 Å². The number of hydrogen-bond acceptors (Lipinski definition) is 3. The number of hydrogen-bond donors (Lipinski definition) is 1. The fourth-order valence-electron chi connectivity index (χ4n) is 10.1. The summed E-state index contributed by atoms with van der Waals surface area (Å²) < 4.78 is 43.3. The number of carbonyl (C=O) groups is 1. The first-order valence-electron chi connectivity index (χ1n) is 17.4. The molecule has 3 aliphatic carbocycles. The summed E-state index contributed by atoms with van der Waals surface area (Å²) in [4.78, 5) is 16.6. The monoisotopic (exact) mass is 578 g/mol. The Labute approximate surface area is 247 Å². The van der Waals surface area contributed by atoms with Gasteiger partial charge in [0, 0.05) is 18.0 Å². The Hall–Kier alpha value is -0.880. The van der Waals surface area contributed by atoms with E-state index in [1.54, 1.807) is 0 Å². The Bertz CT molecular complexity index is 904. The summed E-state index contributed by atoms with van der Waals surface area (Å²) in [7, 11) is 0. The number of Topliss-reactive ketones (excluding diaryl/α,β-unsaturated/α-hetero) is 1. The van der Waals surface area contributed by atoms with Crippen molar-refractivity contribution < 1.29 is 18.0 Å². The van der Waals surface area contributed by atoms with E-state index < -0.39 is 18.1 Å². The minimum atomic E-state index is -4.22. The van der Waals surface area contributed by atoms with Crippen LogP contribution in [0.1, 0.15) is 117 Å². The van der Waals surface area contributed by atoms with Gasteiger partial charge in [-0.2, -0.15) is 13.2 Å². The third kappa shape index (κ3) is 7.10. The van der Waals surface area contributed by atoms with Crippen LogP contribution in [-0.2, 0) is 4.79 Å². The second-order valence-corrected chi connectivity index (χ2v) is 15.2. The highest BCUT2D eigenvalue weighted by atomic mass is 19.4. The first kappa shape index (κ1) is 31.5. The minimum Gasteiger partial charge on any atom is -0.321 e. The molecule has 2 aliphatic heterocycles. The highest BCUT2D eigenvalue weighted by Gasteiger charge is 2.51. The Morgan fingerprint density at radius 2 is 1.76 bits per heavy atom. The van der Waals surface area contributed by atoms with Gasteiger partial charge < -0.3 is 5.73 Å². The Balaban J connectivity index is 1.23. The molecule has 234 valence electrons. The zero-order valence-corrected chi connectivity index (χ0v) is 26.0. The number of ketones is 1. The standard InChI is InChI=1S/C35H57F3N2O/c1-4-25-16-17-29-9-6-18-40(29)33(25)30-20-28(13-11-23(30)3)34(41)32(39)27-15-14-26(31(21-27)35(36,37)38)19-24-8-5-7-22(2)10-12-24/h16-17,22-33H,4-15,18-21,39H2,1-3H3. The van der Waals surface area contributed by atoms with Crippen molar-refractivity contribution in [2.45, 2.75) is 141 Å². The molecule has 0 bridgehead atoms. The minimum absolute atomic E-state index is 0.0392. The van der Waals surface area contributed by atoms with Gasteiger partial charge in [0.2, 0.25) is 0 Å². The number of nitrogens with zero attached hydrogens (tertiary/aromatic N) is 1. The highest BCUT2D eigenvalue weighted by Crippen LogP contribution is 2.49. The predicted octanol–water partition coefficient (Wildman–Crippen LogP) is 8.57. The molecule has 3 nitrogen and oxygen atoms in total. The summed E-state index contributed by atoms with van der Waals surface area (Å²) in [6.07, 6.45) is 14.5. The van der Waals surface area contributed by atoms with Crippen LogP contribution in [0, 0.1) is 53.3 Å². The zero-order chi connectivity index (χ0) is 29.3. The third-order valence-electron chi connectivity index (χ3n) is 12.6. The second-order valence-electron chi connectivity index (χ2n) is 15.2. The summed E-state index contributed by atoms with van der Waals surface area (Å²) in [6, 6.07) is 0.243. The zero-order valence-electron chi connectivity index (χ0n) is 26.0. The number of halogens is 3. The smallest absolute Gasteiger partial charge is 0.321 e. The topological polar surface area (TPSA) is 46.3 Å². The van der Waals surface area contributed by atoms with E-state index in [1.807, 2.05) is 0 Å². The number of alkyl halides is 3. The fraction of sp³-hybridized carbons (Fsp3) is 0.914. The lowest BCUT2D eigenvalue weighted by atomic mass is 9.64. The van der Waals surface area contributed by atoms with Crippen molar-refractivity contribution in [1.29, 1.82) is 0 Å². The average molecular weight is 579 g/mol. The van der Waals surface area contributed by atoms with Gasteiger partial charge in [-0.25, -0.2) is 0 Å². The van der Waals surface area contributed by atoms with Crippen LogP contribution < -0.4 is 5.73 Å². The maximum Gasteiger partial charge on any atom is 0.392 e. The fourth-order valence-corrected chi connectivity index (χ4v) is 10.1. The van der Waals surface area contributed by atoms with Crippen molar-refractivity contribution in [1.82, 2.24) is 4.90 Å². The summed E-state index contributed by atoms with van der Waals surface area (Å²) in [5.41, 5.74) is 6.65. The van der Waals surface area contributed by atoms with Gasteiger partial charge in [0.25, 0.3) is 0 Å². The quantitative estimate of drug-likeness (QED) is 0.243. The molecule has 0 spiro atoms. The third-order valence-corrected chi connectivity index (χ3v) is 12.6. The molecular formula is C35H57F3N2O. The summed E-state index contributed by atoms with van der Waals surface area (Å²) in [5, 5.41) is 0. The van der Waals surface area contributed by atoms with Crippen LogP contribution in [0.25, 0.3) is 0 Å². The SMILES string of the molecule is CCC1C=CC2CCCN2C1C1CC(C(=O)C(N)C2CCC(CC3CCCC(C)CC3)C(C(F)(F)F)C2)CCC1C. The normalized spacial score (nSPS) is 43.3. The molecule has 2 N–H and O–H groups in total. The molecule has 12 atom stereocenters. The van der Waals surface area contributed by atoms with E-state index >= 15 is 0 Å². The molecule has 4 fully saturated rings. The van der Waals surface area contributed by atoms with Gasteiger partial charge >= 0.3 is 6.18 Å². The molecule has 3 saturated carbocycles. The molecular weight excluding hydrogens is 521 g/mol. The molecule has 5 aliphatic rings. The average Bonchev–Trinajstić information content (AvgIpc) is 3.34. The van der Waals surface area contributed by atoms with Gasteiger partial charge in [-0.1, -0.05) is 65.0 Å². The maximum atomic E-state index is 14.4. The van der Waals surface area contributed by atoms with Crippen LogP contribution in [-0.4, -0.2) is 41.5 Å². The van der Waals surface area contributed by atoms with Gasteiger partial charge in [-0.15, -0.1) is 0 Å². The molecule has 12 unspecified atom stereocenters. The van der Waals surface area contributed by atoms with Crippen molar-refractivity contribution in [3.8, 4) is 0 Å². The van der Waals surface area contributed by atoms with Crippen LogP contribution in [0.5, 0.6) is 0 Å². The van der Waals surface area contributed by atoms with E-state index in [9.17, 15) is 18.0 Å². The maximum absolute atomic E-state index is 14.4.